The maximum absolute atomic E-state index is 12.6. The first-order valence-electron chi connectivity index (χ1n) is 11.1. The van der Waals surface area contributed by atoms with Crippen molar-refractivity contribution >= 4 is 11.7 Å². The standard InChI is InChI=1S/C26H30N2O2/c1-20-14-23-19-30-25(29)26(23,16-20)17-21-6-5-7-22(15-21)18-27-10-12-28(13-11-27)24-8-3-2-4-9-24/h2-9,15,23H,1,10-14,16-19H2. The van der Waals surface area contributed by atoms with Crippen LogP contribution in [0.3, 0.4) is 0 Å². The number of anilines is 1. The van der Waals surface area contributed by atoms with E-state index in [4.69, 9.17) is 4.74 Å². The maximum Gasteiger partial charge on any atom is 0.313 e. The molecule has 2 unspecified atom stereocenters. The predicted molar refractivity (Wildman–Crippen MR) is 119 cm³/mol. The first-order chi connectivity index (χ1) is 14.6. The Hall–Kier alpha value is -2.59. The minimum atomic E-state index is -0.378. The van der Waals surface area contributed by atoms with Crippen LogP contribution < -0.4 is 4.90 Å². The molecule has 30 heavy (non-hydrogen) atoms. The van der Waals surface area contributed by atoms with E-state index in [1.165, 1.54) is 22.4 Å². The van der Waals surface area contributed by atoms with Gasteiger partial charge in [0.1, 0.15) is 0 Å². The first-order valence-corrected chi connectivity index (χ1v) is 11.1. The number of esters is 1. The van der Waals surface area contributed by atoms with Crippen molar-refractivity contribution < 1.29 is 9.53 Å². The molecule has 0 bridgehead atoms. The molecule has 2 aromatic rings. The highest BCUT2D eigenvalue weighted by molar-refractivity contribution is 5.81. The Labute approximate surface area is 179 Å². The second-order valence-electron chi connectivity index (χ2n) is 9.18. The number of nitrogens with zero attached hydrogens (tertiary/aromatic N) is 2. The van der Waals surface area contributed by atoms with Crippen LogP contribution in [0.1, 0.15) is 24.0 Å². The van der Waals surface area contributed by atoms with Crippen molar-refractivity contribution in [3.63, 3.8) is 0 Å². The van der Waals surface area contributed by atoms with Crippen LogP contribution in [0.4, 0.5) is 5.69 Å². The zero-order valence-corrected chi connectivity index (χ0v) is 17.6. The number of cyclic esters (lactones) is 1. The summed E-state index contributed by atoms with van der Waals surface area (Å²) in [7, 11) is 0. The Morgan fingerprint density at radius 3 is 2.57 bits per heavy atom. The molecule has 4 nitrogen and oxygen atoms in total. The van der Waals surface area contributed by atoms with Gasteiger partial charge in [-0.1, -0.05) is 54.6 Å². The Kier molecular flexibility index (Phi) is 5.11. The number of carbonyl (C=O) groups excluding carboxylic acids is 1. The molecule has 156 valence electrons. The molecule has 0 amide bonds. The summed E-state index contributed by atoms with van der Waals surface area (Å²) in [6.07, 6.45) is 2.48. The molecule has 2 heterocycles. The Morgan fingerprint density at radius 2 is 1.77 bits per heavy atom. The third-order valence-electron chi connectivity index (χ3n) is 7.11. The van der Waals surface area contributed by atoms with Crippen molar-refractivity contribution in [3.8, 4) is 0 Å². The number of piperazine rings is 1. The van der Waals surface area contributed by atoms with Crippen molar-refractivity contribution in [2.24, 2.45) is 11.3 Å². The third kappa shape index (κ3) is 3.65. The minimum Gasteiger partial charge on any atom is -0.465 e. The molecule has 1 aliphatic carbocycles. The van der Waals surface area contributed by atoms with E-state index in [0.29, 0.717) is 12.5 Å². The quantitative estimate of drug-likeness (QED) is 0.558. The van der Waals surface area contributed by atoms with Crippen molar-refractivity contribution in [3.05, 3.63) is 77.9 Å². The zero-order chi connectivity index (χ0) is 20.6. The zero-order valence-electron chi connectivity index (χ0n) is 17.6. The number of ether oxygens (including phenoxy) is 1. The summed E-state index contributed by atoms with van der Waals surface area (Å²) in [5, 5.41) is 0. The Bertz CT molecular complexity index is 933. The average molecular weight is 403 g/mol. The van der Waals surface area contributed by atoms with E-state index in [-0.39, 0.29) is 11.4 Å². The molecule has 0 radical (unpaired) electrons. The SMILES string of the molecule is C=C1CC2COC(=O)C2(Cc2cccc(CN3CCN(c4ccccc4)CC3)c2)C1. The third-order valence-corrected chi connectivity index (χ3v) is 7.11. The molecule has 2 aliphatic heterocycles. The molecule has 3 aliphatic rings. The number of para-hydroxylation sites is 1. The molecule has 0 N–H and O–H groups in total. The molecule has 2 atom stereocenters. The number of carbonyl (C=O) groups is 1. The second kappa shape index (κ2) is 7.92. The largest absolute Gasteiger partial charge is 0.465 e. The van der Waals surface area contributed by atoms with Crippen LogP contribution in [0, 0.1) is 11.3 Å². The lowest BCUT2D eigenvalue weighted by Crippen LogP contribution is -2.45. The van der Waals surface area contributed by atoms with Gasteiger partial charge in [-0.25, -0.2) is 0 Å². The summed E-state index contributed by atoms with van der Waals surface area (Å²) >= 11 is 0. The van der Waals surface area contributed by atoms with Crippen LogP contribution in [0.15, 0.2) is 66.7 Å². The normalized spacial score (nSPS) is 26.7. The highest BCUT2D eigenvalue weighted by atomic mass is 16.5. The summed E-state index contributed by atoms with van der Waals surface area (Å²) in [5.41, 5.74) is 4.71. The van der Waals surface area contributed by atoms with Crippen LogP contribution in [-0.4, -0.2) is 43.7 Å². The van der Waals surface area contributed by atoms with Gasteiger partial charge in [-0.15, -0.1) is 0 Å². The molecular formula is C26H30N2O2. The van der Waals surface area contributed by atoms with Gasteiger partial charge in [-0.05, 0) is 42.5 Å². The molecule has 3 fully saturated rings. The van der Waals surface area contributed by atoms with E-state index in [0.717, 1.165) is 52.0 Å². The van der Waals surface area contributed by atoms with Gasteiger partial charge in [-0.2, -0.15) is 0 Å². The number of benzene rings is 2. The molecule has 5 rings (SSSR count). The van der Waals surface area contributed by atoms with Gasteiger partial charge in [-0.3, -0.25) is 9.69 Å². The number of allylic oxidation sites excluding steroid dienone is 1. The van der Waals surface area contributed by atoms with Gasteiger partial charge in [0.15, 0.2) is 0 Å². The van der Waals surface area contributed by atoms with Crippen molar-refractivity contribution in [1.29, 1.82) is 0 Å². The van der Waals surface area contributed by atoms with E-state index in [1.807, 2.05) is 0 Å². The summed E-state index contributed by atoms with van der Waals surface area (Å²) < 4.78 is 5.45. The summed E-state index contributed by atoms with van der Waals surface area (Å²) in [6.45, 7) is 9.93. The molecular weight excluding hydrogens is 372 g/mol. The van der Waals surface area contributed by atoms with Gasteiger partial charge in [0.05, 0.1) is 12.0 Å². The van der Waals surface area contributed by atoms with Gasteiger partial charge in [0.2, 0.25) is 0 Å². The molecule has 2 saturated heterocycles. The number of rotatable bonds is 5. The van der Waals surface area contributed by atoms with E-state index in [1.54, 1.807) is 0 Å². The number of fused-ring (bicyclic) bond motifs is 1. The van der Waals surface area contributed by atoms with E-state index < -0.39 is 0 Å². The second-order valence-corrected chi connectivity index (χ2v) is 9.18. The fourth-order valence-electron chi connectivity index (χ4n) is 5.53. The van der Waals surface area contributed by atoms with Crippen LogP contribution in [0.2, 0.25) is 0 Å². The Balaban J connectivity index is 1.23. The lowest BCUT2D eigenvalue weighted by atomic mass is 9.75. The van der Waals surface area contributed by atoms with Crippen LogP contribution in [0.25, 0.3) is 0 Å². The fourth-order valence-corrected chi connectivity index (χ4v) is 5.53. The van der Waals surface area contributed by atoms with E-state index in [2.05, 4.69) is 71.0 Å². The average Bonchev–Trinajstić information content (AvgIpc) is 3.23. The molecule has 0 spiro atoms. The summed E-state index contributed by atoms with van der Waals surface area (Å²) in [4.78, 5) is 17.6. The highest BCUT2D eigenvalue weighted by Crippen LogP contribution is 2.52. The Morgan fingerprint density at radius 1 is 1.00 bits per heavy atom. The number of hydrogen-bond donors (Lipinski definition) is 0. The monoisotopic (exact) mass is 402 g/mol. The highest BCUT2D eigenvalue weighted by Gasteiger charge is 2.55. The molecule has 0 aromatic heterocycles. The predicted octanol–water partition coefficient (Wildman–Crippen LogP) is 4.06. The maximum atomic E-state index is 12.6. The number of hydrogen-bond acceptors (Lipinski definition) is 4. The van der Waals surface area contributed by atoms with Crippen LogP contribution in [0.5, 0.6) is 0 Å². The lowest BCUT2D eigenvalue weighted by molar-refractivity contribution is -0.146. The van der Waals surface area contributed by atoms with Gasteiger partial charge in [0.25, 0.3) is 0 Å². The molecule has 1 saturated carbocycles. The van der Waals surface area contributed by atoms with Gasteiger partial charge >= 0.3 is 5.97 Å². The smallest absolute Gasteiger partial charge is 0.313 e. The van der Waals surface area contributed by atoms with E-state index >= 15 is 0 Å². The topological polar surface area (TPSA) is 32.8 Å². The van der Waals surface area contributed by atoms with Gasteiger partial charge in [0, 0.05) is 44.3 Å². The van der Waals surface area contributed by atoms with Crippen LogP contribution >= 0.6 is 0 Å². The summed E-state index contributed by atoms with van der Waals surface area (Å²) in [6, 6.07) is 19.5. The molecule has 4 heteroatoms. The van der Waals surface area contributed by atoms with Crippen molar-refractivity contribution in [1.82, 2.24) is 4.90 Å². The fraction of sp³-hybridized carbons (Fsp3) is 0.423. The van der Waals surface area contributed by atoms with Gasteiger partial charge < -0.3 is 9.64 Å². The first kappa shape index (κ1) is 19.4. The van der Waals surface area contributed by atoms with Crippen LogP contribution in [-0.2, 0) is 22.5 Å². The summed E-state index contributed by atoms with van der Waals surface area (Å²) in [5.74, 6) is 0.279. The molecule has 2 aromatic carbocycles. The lowest BCUT2D eigenvalue weighted by Gasteiger charge is -2.36. The van der Waals surface area contributed by atoms with E-state index in [9.17, 15) is 4.79 Å². The van der Waals surface area contributed by atoms with Crippen molar-refractivity contribution in [2.45, 2.75) is 25.8 Å². The minimum absolute atomic E-state index is 0.0198. The van der Waals surface area contributed by atoms with Crippen molar-refractivity contribution in [2.75, 3.05) is 37.7 Å².